The first-order valence-electron chi connectivity index (χ1n) is 6.53. The molecule has 0 radical (unpaired) electrons. The van der Waals surface area contributed by atoms with Crippen LogP contribution in [0.15, 0.2) is 24.3 Å². The summed E-state index contributed by atoms with van der Waals surface area (Å²) in [5.74, 6) is -3.62. The molecule has 0 bridgehead atoms. The number of hydrogen-bond acceptors (Lipinski definition) is 4. The van der Waals surface area contributed by atoms with Gasteiger partial charge in [0.2, 0.25) is 0 Å². The minimum atomic E-state index is -1.82. The van der Waals surface area contributed by atoms with Crippen LogP contribution in [-0.4, -0.2) is 41.8 Å². The summed E-state index contributed by atoms with van der Waals surface area (Å²) in [4.78, 5) is 18.2. The van der Waals surface area contributed by atoms with E-state index in [1.807, 2.05) is 0 Å². The molecule has 0 unspecified atom stereocenters. The van der Waals surface area contributed by atoms with Gasteiger partial charge in [-0.25, -0.2) is 14.0 Å². The summed E-state index contributed by atoms with van der Waals surface area (Å²) in [5, 5.41) is 18.0. The molecule has 0 saturated carbocycles. The number of nitrogens with one attached hydrogen (secondary N) is 1. The van der Waals surface area contributed by atoms with E-state index in [-0.39, 0.29) is 5.82 Å². The zero-order chi connectivity index (χ0) is 16.1. The number of unbranched alkanes of at least 4 members (excludes halogenated alkanes) is 1. The van der Waals surface area contributed by atoms with Crippen LogP contribution in [0, 0.1) is 5.82 Å². The molecule has 0 amide bonds. The quantitative estimate of drug-likeness (QED) is 0.524. The number of carbonyl (C=O) groups is 2. The van der Waals surface area contributed by atoms with Crippen LogP contribution in [0.5, 0.6) is 5.75 Å². The highest BCUT2D eigenvalue weighted by molar-refractivity contribution is 6.27. The molecule has 0 aliphatic carbocycles. The summed E-state index contributed by atoms with van der Waals surface area (Å²) >= 11 is 0. The lowest BCUT2D eigenvalue weighted by molar-refractivity contribution is -0.159. The summed E-state index contributed by atoms with van der Waals surface area (Å²) in [7, 11) is 0. The van der Waals surface area contributed by atoms with Crippen molar-refractivity contribution >= 4 is 11.9 Å². The highest BCUT2D eigenvalue weighted by Crippen LogP contribution is 2.14. The van der Waals surface area contributed by atoms with E-state index in [0.717, 1.165) is 13.1 Å². The number of benzene rings is 1. The Morgan fingerprint density at radius 2 is 1.81 bits per heavy atom. The van der Waals surface area contributed by atoms with E-state index < -0.39 is 11.9 Å². The molecule has 0 saturated heterocycles. The van der Waals surface area contributed by atoms with E-state index in [9.17, 15) is 4.39 Å². The van der Waals surface area contributed by atoms with Crippen molar-refractivity contribution in [3.05, 3.63) is 30.1 Å². The zero-order valence-corrected chi connectivity index (χ0v) is 11.8. The fraction of sp³-hybridized carbons (Fsp3) is 0.429. The smallest absolute Gasteiger partial charge is 0.414 e. The fourth-order valence-electron chi connectivity index (χ4n) is 1.22. The zero-order valence-electron chi connectivity index (χ0n) is 11.8. The minimum Gasteiger partial charge on any atom is -0.489 e. The molecule has 0 aliphatic heterocycles. The lowest BCUT2D eigenvalue weighted by atomic mass is 10.3. The van der Waals surface area contributed by atoms with Gasteiger partial charge in [0, 0.05) is 6.54 Å². The monoisotopic (exact) mass is 301 g/mol. The van der Waals surface area contributed by atoms with Crippen molar-refractivity contribution in [1.29, 1.82) is 0 Å². The van der Waals surface area contributed by atoms with Crippen LogP contribution in [0.3, 0.4) is 0 Å². The van der Waals surface area contributed by atoms with E-state index in [0.29, 0.717) is 12.4 Å². The predicted molar refractivity (Wildman–Crippen MR) is 74.9 cm³/mol. The lowest BCUT2D eigenvalue weighted by Gasteiger charge is -2.07. The van der Waals surface area contributed by atoms with Crippen LogP contribution in [0.25, 0.3) is 0 Å². The normalized spacial score (nSPS) is 9.43. The standard InChI is InChI=1S/C12H18FNO.C2H2O4/c1-2-3-8-14-9-10-15-12-7-5-4-6-11(12)13;3-1(4)2(5)6/h4-7,14H,2-3,8-10H2,1H3;(H,3,4)(H,5,6). The van der Waals surface area contributed by atoms with Gasteiger partial charge in [-0.3, -0.25) is 0 Å². The molecule has 1 aromatic carbocycles. The van der Waals surface area contributed by atoms with Gasteiger partial charge in [-0.1, -0.05) is 25.5 Å². The van der Waals surface area contributed by atoms with Crippen LogP contribution in [0.2, 0.25) is 0 Å². The second-order valence-electron chi connectivity index (χ2n) is 3.99. The highest BCUT2D eigenvalue weighted by Gasteiger charge is 2.04. The second kappa shape index (κ2) is 11.7. The van der Waals surface area contributed by atoms with E-state index >= 15 is 0 Å². The molecule has 21 heavy (non-hydrogen) atoms. The number of rotatable bonds is 7. The van der Waals surface area contributed by atoms with Gasteiger partial charge in [0.1, 0.15) is 6.61 Å². The molecule has 0 atom stereocenters. The van der Waals surface area contributed by atoms with Crippen LogP contribution >= 0.6 is 0 Å². The van der Waals surface area contributed by atoms with Gasteiger partial charge in [-0.05, 0) is 25.1 Å². The SMILES string of the molecule is CCCCNCCOc1ccccc1F.O=C(O)C(=O)O. The van der Waals surface area contributed by atoms with E-state index in [1.165, 1.54) is 18.9 Å². The molecule has 0 aliphatic rings. The molecule has 3 N–H and O–H groups in total. The maximum atomic E-state index is 13.1. The molecular weight excluding hydrogens is 281 g/mol. The number of aliphatic carboxylic acids is 2. The first kappa shape index (κ1) is 18.9. The van der Waals surface area contributed by atoms with Crippen molar-refractivity contribution in [2.75, 3.05) is 19.7 Å². The molecule has 7 heteroatoms. The number of para-hydroxylation sites is 1. The molecule has 0 aromatic heterocycles. The average Bonchev–Trinajstić information content (AvgIpc) is 2.45. The van der Waals surface area contributed by atoms with Gasteiger partial charge in [-0.15, -0.1) is 0 Å². The van der Waals surface area contributed by atoms with Crippen molar-refractivity contribution in [2.45, 2.75) is 19.8 Å². The third-order valence-corrected chi connectivity index (χ3v) is 2.26. The van der Waals surface area contributed by atoms with Gasteiger partial charge in [0.15, 0.2) is 11.6 Å². The summed E-state index contributed by atoms with van der Waals surface area (Å²) in [6, 6.07) is 6.46. The molecule has 0 spiro atoms. The van der Waals surface area contributed by atoms with Crippen molar-refractivity contribution in [3.8, 4) is 5.75 Å². The summed E-state index contributed by atoms with van der Waals surface area (Å²) in [6.07, 6.45) is 2.35. The molecular formula is C14H20FNO5. The summed E-state index contributed by atoms with van der Waals surface area (Å²) < 4.78 is 18.4. The fourth-order valence-corrected chi connectivity index (χ4v) is 1.22. The summed E-state index contributed by atoms with van der Waals surface area (Å²) in [6.45, 7) is 4.41. The molecule has 1 aromatic rings. The maximum Gasteiger partial charge on any atom is 0.414 e. The highest BCUT2D eigenvalue weighted by atomic mass is 19.1. The van der Waals surface area contributed by atoms with E-state index in [2.05, 4.69) is 12.2 Å². The third kappa shape index (κ3) is 10.3. The number of ether oxygens (including phenoxy) is 1. The van der Waals surface area contributed by atoms with Crippen molar-refractivity contribution < 1.29 is 28.9 Å². The van der Waals surface area contributed by atoms with Crippen LogP contribution < -0.4 is 10.1 Å². The van der Waals surface area contributed by atoms with Crippen LogP contribution in [-0.2, 0) is 9.59 Å². The Balaban J connectivity index is 0.000000567. The van der Waals surface area contributed by atoms with Crippen molar-refractivity contribution in [2.24, 2.45) is 0 Å². The van der Waals surface area contributed by atoms with Gasteiger partial charge < -0.3 is 20.3 Å². The molecule has 1 rings (SSSR count). The van der Waals surface area contributed by atoms with Crippen LogP contribution in [0.4, 0.5) is 4.39 Å². The topological polar surface area (TPSA) is 95.9 Å². The van der Waals surface area contributed by atoms with Crippen molar-refractivity contribution in [1.82, 2.24) is 5.32 Å². The largest absolute Gasteiger partial charge is 0.489 e. The Morgan fingerprint density at radius 3 is 2.33 bits per heavy atom. The first-order chi connectivity index (χ1) is 9.99. The maximum absolute atomic E-state index is 13.1. The lowest BCUT2D eigenvalue weighted by Crippen LogP contribution is -2.22. The number of hydrogen-bond donors (Lipinski definition) is 3. The Morgan fingerprint density at radius 1 is 1.19 bits per heavy atom. The third-order valence-electron chi connectivity index (χ3n) is 2.26. The van der Waals surface area contributed by atoms with Gasteiger partial charge in [0.05, 0.1) is 0 Å². The molecule has 0 fully saturated rings. The number of carboxylic acids is 2. The Labute approximate surface area is 122 Å². The second-order valence-corrected chi connectivity index (χ2v) is 3.99. The van der Waals surface area contributed by atoms with Gasteiger partial charge in [-0.2, -0.15) is 0 Å². The Kier molecular flexibility index (Phi) is 10.5. The Bertz CT molecular complexity index is 427. The summed E-state index contributed by atoms with van der Waals surface area (Å²) in [5.41, 5.74) is 0. The average molecular weight is 301 g/mol. The first-order valence-corrected chi connectivity index (χ1v) is 6.53. The van der Waals surface area contributed by atoms with Gasteiger partial charge >= 0.3 is 11.9 Å². The van der Waals surface area contributed by atoms with Crippen LogP contribution in [0.1, 0.15) is 19.8 Å². The van der Waals surface area contributed by atoms with E-state index in [4.69, 9.17) is 24.5 Å². The number of carboxylic acid groups (broad SMARTS) is 2. The minimum absolute atomic E-state index is 0.300. The number of halogens is 1. The van der Waals surface area contributed by atoms with Crippen molar-refractivity contribution in [3.63, 3.8) is 0 Å². The Hall–Kier alpha value is -2.15. The van der Waals surface area contributed by atoms with E-state index in [1.54, 1.807) is 18.2 Å². The molecule has 0 heterocycles. The molecule has 6 nitrogen and oxygen atoms in total. The molecule has 118 valence electrons. The predicted octanol–water partition coefficient (Wildman–Crippen LogP) is 1.75. The van der Waals surface area contributed by atoms with Gasteiger partial charge in [0.25, 0.3) is 0 Å².